The summed E-state index contributed by atoms with van der Waals surface area (Å²) < 4.78 is 43.4. The Morgan fingerprint density at radius 2 is 1.86 bits per heavy atom. The van der Waals surface area contributed by atoms with Crippen molar-refractivity contribution in [2.45, 2.75) is 31.7 Å². The van der Waals surface area contributed by atoms with Gasteiger partial charge in [0, 0.05) is 12.6 Å². The highest BCUT2D eigenvalue weighted by Gasteiger charge is 2.30. The summed E-state index contributed by atoms with van der Waals surface area (Å²) in [4.78, 5) is 10.5. The van der Waals surface area contributed by atoms with Crippen molar-refractivity contribution in [1.29, 1.82) is 0 Å². The monoisotopic (exact) mass is 397 g/mol. The van der Waals surface area contributed by atoms with Gasteiger partial charge in [-0.25, -0.2) is 4.79 Å². The Balaban J connectivity index is 1.85. The third-order valence-corrected chi connectivity index (χ3v) is 4.09. The van der Waals surface area contributed by atoms with Crippen molar-refractivity contribution in [3.05, 3.63) is 65.2 Å². The third kappa shape index (κ3) is 6.86. The standard InChI is InChI=1S/C20H22F3NO4/c1-13(9-14-5-7-17(8-6-14)28-12-19(26)27)24-11-18(25)15-3-2-4-16(10-15)20(21,22)23/h2-8,10,13,18,24-25H,9,11-12H2,1H3,(H,26,27). The number of aliphatic hydroxyl groups excluding tert-OH is 1. The Morgan fingerprint density at radius 3 is 2.46 bits per heavy atom. The summed E-state index contributed by atoms with van der Waals surface area (Å²) in [6.45, 7) is 1.60. The van der Waals surface area contributed by atoms with Crippen molar-refractivity contribution in [2.75, 3.05) is 13.2 Å². The summed E-state index contributed by atoms with van der Waals surface area (Å²) in [5.74, 6) is -0.604. The Hall–Kier alpha value is -2.58. The van der Waals surface area contributed by atoms with E-state index in [1.54, 1.807) is 24.3 Å². The minimum absolute atomic E-state index is 0.0359. The van der Waals surface area contributed by atoms with Crippen LogP contribution in [0.2, 0.25) is 0 Å². The first-order valence-electron chi connectivity index (χ1n) is 8.67. The van der Waals surface area contributed by atoms with E-state index in [2.05, 4.69) is 5.32 Å². The lowest BCUT2D eigenvalue weighted by Gasteiger charge is -2.18. The fourth-order valence-corrected chi connectivity index (χ4v) is 2.65. The van der Waals surface area contributed by atoms with Crippen LogP contribution in [0, 0.1) is 0 Å². The highest BCUT2D eigenvalue weighted by Crippen LogP contribution is 2.30. The maximum Gasteiger partial charge on any atom is 0.416 e. The number of carboxylic acid groups (broad SMARTS) is 1. The van der Waals surface area contributed by atoms with Gasteiger partial charge in [-0.1, -0.05) is 24.3 Å². The van der Waals surface area contributed by atoms with Crippen molar-refractivity contribution in [3.8, 4) is 5.75 Å². The van der Waals surface area contributed by atoms with E-state index in [1.165, 1.54) is 12.1 Å². The van der Waals surface area contributed by atoms with Crippen LogP contribution >= 0.6 is 0 Å². The molecular formula is C20H22F3NO4. The Morgan fingerprint density at radius 1 is 1.18 bits per heavy atom. The summed E-state index contributed by atoms with van der Waals surface area (Å²) in [6, 6.07) is 11.6. The topological polar surface area (TPSA) is 78.8 Å². The molecule has 0 aliphatic carbocycles. The molecule has 0 fully saturated rings. The van der Waals surface area contributed by atoms with Crippen LogP contribution in [-0.2, 0) is 17.4 Å². The minimum Gasteiger partial charge on any atom is -0.482 e. The molecule has 5 nitrogen and oxygen atoms in total. The number of benzene rings is 2. The molecule has 28 heavy (non-hydrogen) atoms. The SMILES string of the molecule is CC(Cc1ccc(OCC(=O)O)cc1)NCC(O)c1cccc(C(F)(F)F)c1. The highest BCUT2D eigenvalue weighted by molar-refractivity contribution is 5.68. The van der Waals surface area contributed by atoms with E-state index < -0.39 is 30.4 Å². The van der Waals surface area contributed by atoms with Crippen LogP contribution in [0.1, 0.15) is 29.7 Å². The minimum atomic E-state index is -4.45. The van der Waals surface area contributed by atoms with E-state index in [0.717, 1.165) is 17.7 Å². The molecule has 0 saturated heterocycles. The molecule has 2 aromatic carbocycles. The second kappa shape index (κ2) is 9.57. The number of halogens is 3. The average Bonchev–Trinajstić information content (AvgIpc) is 2.65. The molecule has 0 bridgehead atoms. The number of carbonyl (C=O) groups is 1. The van der Waals surface area contributed by atoms with Crippen LogP contribution in [0.15, 0.2) is 48.5 Å². The molecule has 2 unspecified atom stereocenters. The molecule has 0 aromatic heterocycles. The Labute approximate surface area is 160 Å². The smallest absolute Gasteiger partial charge is 0.416 e. The van der Waals surface area contributed by atoms with E-state index in [9.17, 15) is 23.1 Å². The lowest BCUT2D eigenvalue weighted by Crippen LogP contribution is -2.32. The summed E-state index contributed by atoms with van der Waals surface area (Å²) in [6.07, 6.45) is -4.89. The molecule has 0 amide bonds. The highest BCUT2D eigenvalue weighted by atomic mass is 19.4. The Kier molecular flexibility index (Phi) is 7.42. The molecule has 2 aromatic rings. The summed E-state index contributed by atoms with van der Waals surface area (Å²) in [5.41, 5.74) is 0.382. The maximum atomic E-state index is 12.8. The quantitative estimate of drug-likeness (QED) is 0.604. The van der Waals surface area contributed by atoms with Gasteiger partial charge < -0.3 is 20.3 Å². The molecule has 0 aliphatic rings. The van der Waals surface area contributed by atoms with Crippen LogP contribution in [0.4, 0.5) is 13.2 Å². The van der Waals surface area contributed by atoms with Crippen molar-refractivity contribution >= 4 is 5.97 Å². The van der Waals surface area contributed by atoms with E-state index in [1.807, 2.05) is 6.92 Å². The lowest BCUT2D eigenvalue weighted by molar-refractivity contribution is -0.139. The number of aliphatic hydroxyl groups is 1. The molecule has 2 rings (SSSR count). The lowest BCUT2D eigenvalue weighted by atomic mass is 10.0. The number of ether oxygens (including phenoxy) is 1. The van der Waals surface area contributed by atoms with Crippen molar-refractivity contribution in [2.24, 2.45) is 0 Å². The van der Waals surface area contributed by atoms with E-state index in [4.69, 9.17) is 9.84 Å². The van der Waals surface area contributed by atoms with Gasteiger partial charge in [0.1, 0.15) is 5.75 Å². The first-order chi connectivity index (χ1) is 13.1. The van der Waals surface area contributed by atoms with Gasteiger partial charge in [-0.15, -0.1) is 0 Å². The second-order valence-electron chi connectivity index (χ2n) is 6.48. The van der Waals surface area contributed by atoms with Crippen molar-refractivity contribution < 1.29 is 32.9 Å². The summed E-state index contributed by atoms with van der Waals surface area (Å²) in [5, 5.41) is 21.9. The molecule has 152 valence electrons. The Bertz CT molecular complexity index is 778. The molecule has 0 spiro atoms. The van der Waals surface area contributed by atoms with Crippen molar-refractivity contribution in [1.82, 2.24) is 5.32 Å². The first-order valence-corrected chi connectivity index (χ1v) is 8.67. The molecule has 3 N–H and O–H groups in total. The first kappa shape index (κ1) is 21.7. The number of rotatable bonds is 9. The largest absolute Gasteiger partial charge is 0.482 e. The number of alkyl halides is 3. The number of aliphatic carboxylic acids is 1. The zero-order valence-electron chi connectivity index (χ0n) is 15.2. The van der Waals surface area contributed by atoms with Crippen LogP contribution in [0.5, 0.6) is 5.75 Å². The predicted molar refractivity (Wildman–Crippen MR) is 97.1 cm³/mol. The molecule has 0 radical (unpaired) electrons. The van der Waals surface area contributed by atoms with Crippen LogP contribution < -0.4 is 10.1 Å². The van der Waals surface area contributed by atoms with Gasteiger partial charge in [0.15, 0.2) is 6.61 Å². The van der Waals surface area contributed by atoms with Crippen LogP contribution in [0.3, 0.4) is 0 Å². The molecule has 2 atom stereocenters. The van der Waals surface area contributed by atoms with Crippen molar-refractivity contribution in [3.63, 3.8) is 0 Å². The molecular weight excluding hydrogens is 375 g/mol. The fourth-order valence-electron chi connectivity index (χ4n) is 2.65. The summed E-state index contributed by atoms with van der Waals surface area (Å²) in [7, 11) is 0. The average molecular weight is 397 g/mol. The van der Waals surface area contributed by atoms with Gasteiger partial charge in [0.25, 0.3) is 0 Å². The van der Waals surface area contributed by atoms with E-state index >= 15 is 0 Å². The molecule has 8 heteroatoms. The predicted octanol–water partition coefficient (Wildman–Crippen LogP) is 3.42. The van der Waals surface area contributed by atoms with E-state index in [0.29, 0.717) is 12.2 Å². The normalized spacial score (nSPS) is 13.8. The second-order valence-corrected chi connectivity index (χ2v) is 6.48. The van der Waals surface area contributed by atoms with Crippen LogP contribution in [-0.4, -0.2) is 35.4 Å². The number of carboxylic acids is 1. The van der Waals surface area contributed by atoms with Gasteiger partial charge in [0.05, 0.1) is 11.7 Å². The zero-order chi connectivity index (χ0) is 20.7. The van der Waals surface area contributed by atoms with E-state index in [-0.39, 0.29) is 18.2 Å². The van der Waals surface area contributed by atoms with Gasteiger partial charge in [-0.3, -0.25) is 0 Å². The maximum absolute atomic E-state index is 12.8. The zero-order valence-corrected chi connectivity index (χ0v) is 15.2. The van der Waals surface area contributed by atoms with Gasteiger partial charge in [-0.2, -0.15) is 13.2 Å². The summed E-state index contributed by atoms with van der Waals surface area (Å²) >= 11 is 0. The third-order valence-electron chi connectivity index (χ3n) is 4.09. The number of nitrogens with one attached hydrogen (secondary N) is 1. The number of hydrogen-bond donors (Lipinski definition) is 3. The van der Waals surface area contributed by atoms with Gasteiger partial charge in [0.2, 0.25) is 0 Å². The molecule has 0 heterocycles. The van der Waals surface area contributed by atoms with Crippen LogP contribution in [0.25, 0.3) is 0 Å². The van der Waals surface area contributed by atoms with Gasteiger partial charge in [-0.05, 0) is 48.7 Å². The molecule has 0 saturated carbocycles. The van der Waals surface area contributed by atoms with Gasteiger partial charge >= 0.3 is 12.1 Å². The fraction of sp³-hybridized carbons (Fsp3) is 0.350. The number of hydrogen-bond acceptors (Lipinski definition) is 4. The molecule has 0 aliphatic heterocycles.